The van der Waals surface area contributed by atoms with Crippen molar-refractivity contribution in [2.24, 2.45) is 0 Å². The summed E-state index contributed by atoms with van der Waals surface area (Å²) in [6.45, 7) is 0. The lowest BCUT2D eigenvalue weighted by atomic mass is 10.3. The predicted octanol–water partition coefficient (Wildman–Crippen LogP) is 1.70. The van der Waals surface area contributed by atoms with E-state index >= 15 is 0 Å². The molecule has 1 aromatic rings. The van der Waals surface area contributed by atoms with Crippen molar-refractivity contribution in [2.45, 2.75) is 25.9 Å². The smallest absolute Gasteiger partial charge is 0.448 e. The van der Waals surface area contributed by atoms with Crippen molar-refractivity contribution in [1.82, 2.24) is 4.13 Å². The van der Waals surface area contributed by atoms with Crippen LogP contribution in [0.1, 0.15) is 0 Å². The fourth-order valence-electron chi connectivity index (χ4n) is 1.55. The van der Waals surface area contributed by atoms with E-state index < -0.39 is 83.5 Å². The van der Waals surface area contributed by atoms with Crippen molar-refractivity contribution < 1.29 is 75.1 Å². The highest BCUT2D eigenvalue weighted by molar-refractivity contribution is 8.07. The van der Waals surface area contributed by atoms with Crippen molar-refractivity contribution in [2.75, 3.05) is 0 Å². The van der Waals surface area contributed by atoms with Gasteiger partial charge in [0, 0.05) is 11.0 Å². The highest BCUT2D eigenvalue weighted by Gasteiger charge is 2.76. The third kappa shape index (κ3) is 4.83. The third-order valence-corrected chi connectivity index (χ3v) is 8.78. The zero-order valence-corrected chi connectivity index (χ0v) is 17.4. The second-order valence-electron chi connectivity index (χ2n) is 5.42. The average molecular weight is 565 g/mol. The van der Waals surface area contributed by atoms with Gasteiger partial charge in [0.15, 0.2) is 0 Å². The van der Waals surface area contributed by atoms with Crippen LogP contribution in [-0.4, -0.2) is 61.0 Å². The van der Waals surface area contributed by atoms with Gasteiger partial charge in [0.05, 0.1) is 0 Å². The Morgan fingerprint density at radius 1 is 0.688 bits per heavy atom. The monoisotopic (exact) mass is 565 g/mol. The number of hydrogen-bond acceptors (Lipinski definition) is 9. The maximum atomic E-state index is 13.9. The van der Waals surface area contributed by atoms with Crippen LogP contribution < -0.4 is 4.13 Å². The second-order valence-corrected chi connectivity index (χ2v) is 11.8. The molecule has 186 valence electrons. The van der Waals surface area contributed by atoms with E-state index in [9.17, 15) is 60.4 Å². The molecule has 0 spiro atoms. The van der Waals surface area contributed by atoms with E-state index in [-0.39, 0.29) is 12.1 Å². The molecule has 0 aliphatic carbocycles. The van der Waals surface area contributed by atoms with Crippen LogP contribution >= 0.6 is 11.8 Å². The minimum atomic E-state index is -7.75. The van der Waals surface area contributed by atoms with E-state index in [0.29, 0.717) is 6.07 Å². The summed E-state index contributed by atoms with van der Waals surface area (Å²) in [5.74, 6) is -2.00. The first-order valence-corrected chi connectivity index (χ1v) is 12.0. The molecule has 1 aromatic carbocycles. The number of halogens is 8. The minimum absolute atomic E-state index is 0.284. The Balaban J connectivity index is 3.44. The first-order chi connectivity index (χ1) is 13.8. The predicted molar refractivity (Wildman–Crippen MR) is 87.9 cm³/mol. The molecule has 0 unspecified atom stereocenters. The summed E-state index contributed by atoms with van der Waals surface area (Å²) < 4.78 is 182. The number of phenolic OH excluding ortho intramolecular Hbond substituents is 2. The number of aromatic hydroxyl groups is 2. The van der Waals surface area contributed by atoms with Crippen molar-refractivity contribution in [3.05, 3.63) is 18.2 Å². The van der Waals surface area contributed by atoms with Crippen LogP contribution in [0.3, 0.4) is 0 Å². The third-order valence-electron chi connectivity index (χ3n) is 3.02. The van der Waals surface area contributed by atoms with Gasteiger partial charge in [-0.15, -0.1) is 0 Å². The average Bonchev–Trinajstić information content (AvgIpc) is 2.50. The molecular formula is C10H7F8NO9S4. The van der Waals surface area contributed by atoms with Crippen molar-refractivity contribution in [3.8, 4) is 11.5 Å². The first kappa shape index (κ1) is 28.4. The highest BCUT2D eigenvalue weighted by atomic mass is 32.3. The number of nitrogens with one attached hydrogen (secondary N) is 1. The molecule has 0 aliphatic heterocycles. The van der Waals surface area contributed by atoms with Crippen LogP contribution in [0.15, 0.2) is 23.1 Å². The molecule has 10 nitrogen and oxygen atoms in total. The molecule has 0 radical (unpaired) electrons. The van der Waals surface area contributed by atoms with Crippen molar-refractivity contribution in [3.63, 3.8) is 0 Å². The lowest BCUT2D eigenvalue weighted by molar-refractivity contribution is -0.102. The Kier molecular flexibility index (Phi) is 7.10. The summed E-state index contributed by atoms with van der Waals surface area (Å²) in [7, 11) is -22.6. The number of phenols is 2. The number of sulfonamides is 2. The minimum Gasteiger partial charge on any atom is -0.508 e. The lowest BCUT2D eigenvalue weighted by Crippen LogP contribution is -2.59. The summed E-state index contributed by atoms with van der Waals surface area (Å²) in [6, 6.07) is 1.08. The van der Waals surface area contributed by atoms with Gasteiger partial charge in [0.1, 0.15) is 11.5 Å². The summed E-state index contributed by atoms with van der Waals surface area (Å²) in [5.41, 5.74) is 0. The Bertz CT molecular complexity index is 1190. The van der Waals surface area contributed by atoms with Gasteiger partial charge in [-0.1, -0.05) is 4.13 Å². The van der Waals surface area contributed by atoms with Crippen LogP contribution in [0.25, 0.3) is 0 Å². The Labute approximate surface area is 177 Å². The summed E-state index contributed by atoms with van der Waals surface area (Å²) in [6.07, 6.45) is 0. The molecule has 0 atom stereocenters. The van der Waals surface area contributed by atoms with E-state index in [4.69, 9.17) is 14.8 Å². The SMILES string of the molecule is O=S(=O)(O)C(F)(F)C(F)(F)S(=O)(=O)NS(=O)(=O)C(F)(F)C(F)(F)Sc1cc(O)cc(O)c1. The van der Waals surface area contributed by atoms with Crippen LogP contribution in [0.4, 0.5) is 35.1 Å². The molecule has 0 amide bonds. The molecule has 0 heterocycles. The fraction of sp³-hybridized carbons (Fsp3) is 0.400. The van der Waals surface area contributed by atoms with E-state index in [0.717, 1.165) is 0 Å². The fourth-order valence-corrected chi connectivity index (χ4v) is 6.34. The molecule has 0 aliphatic rings. The van der Waals surface area contributed by atoms with Gasteiger partial charge in [-0.2, -0.15) is 43.5 Å². The number of alkyl halides is 8. The molecule has 1 rings (SSSR count). The molecule has 0 bridgehead atoms. The summed E-state index contributed by atoms with van der Waals surface area (Å²) in [4.78, 5) is -1.16. The van der Waals surface area contributed by atoms with Gasteiger partial charge in [0.2, 0.25) is 0 Å². The van der Waals surface area contributed by atoms with Crippen molar-refractivity contribution in [1.29, 1.82) is 0 Å². The molecule has 0 saturated heterocycles. The van der Waals surface area contributed by atoms with Crippen LogP contribution in [0.2, 0.25) is 0 Å². The molecule has 32 heavy (non-hydrogen) atoms. The largest absolute Gasteiger partial charge is 0.508 e. The van der Waals surface area contributed by atoms with Gasteiger partial charge >= 0.3 is 31.1 Å². The standard InChI is InChI=1S/C10H7F8NO9S4/c11-7(12,29-6-2-4(20)1-5(21)3-6)8(13,14)30(22,23)19-31(24,25)9(15,16)10(17,18)32(26,27)28/h1-3,19-21H,(H,26,27,28). The second kappa shape index (κ2) is 8.00. The van der Waals surface area contributed by atoms with Gasteiger partial charge < -0.3 is 10.2 Å². The molecule has 22 heteroatoms. The quantitative estimate of drug-likeness (QED) is 0.196. The molecular weight excluding hydrogens is 558 g/mol. The molecule has 4 N–H and O–H groups in total. The van der Waals surface area contributed by atoms with Crippen LogP contribution in [-0.2, 0) is 30.2 Å². The Morgan fingerprint density at radius 2 is 1.06 bits per heavy atom. The van der Waals surface area contributed by atoms with Crippen molar-refractivity contribution >= 4 is 41.9 Å². The van der Waals surface area contributed by atoms with E-state index in [1.54, 1.807) is 0 Å². The van der Waals surface area contributed by atoms with E-state index in [1.807, 2.05) is 0 Å². The van der Waals surface area contributed by atoms with Gasteiger partial charge in [-0.3, -0.25) is 4.55 Å². The topological polar surface area (TPSA) is 175 Å². The number of thioether (sulfide) groups is 1. The van der Waals surface area contributed by atoms with Crippen LogP contribution in [0.5, 0.6) is 11.5 Å². The normalized spacial score (nSPS) is 15.0. The first-order valence-electron chi connectivity index (χ1n) is 6.80. The number of hydrogen-bond donors (Lipinski definition) is 4. The Hall–Kier alpha value is -1.62. The molecule has 0 saturated carbocycles. The van der Waals surface area contributed by atoms with E-state index in [1.165, 1.54) is 0 Å². The maximum absolute atomic E-state index is 13.9. The lowest BCUT2D eigenvalue weighted by Gasteiger charge is -2.27. The maximum Gasteiger partial charge on any atom is 0.448 e. The zero-order chi connectivity index (χ0) is 25.8. The summed E-state index contributed by atoms with van der Waals surface area (Å²) >= 11 is -1.44. The van der Waals surface area contributed by atoms with Gasteiger partial charge in [-0.25, -0.2) is 16.8 Å². The summed E-state index contributed by atoms with van der Waals surface area (Å²) in [5, 5.41) is -8.62. The number of benzene rings is 1. The molecule has 0 aromatic heterocycles. The van der Waals surface area contributed by atoms with E-state index in [2.05, 4.69) is 0 Å². The highest BCUT2D eigenvalue weighted by Crippen LogP contribution is 2.51. The van der Waals surface area contributed by atoms with Crippen LogP contribution in [0, 0.1) is 0 Å². The van der Waals surface area contributed by atoms with Gasteiger partial charge in [0.25, 0.3) is 20.0 Å². The van der Waals surface area contributed by atoms with Gasteiger partial charge in [-0.05, 0) is 23.9 Å². The molecule has 0 fully saturated rings. The Morgan fingerprint density at radius 3 is 1.44 bits per heavy atom. The zero-order valence-electron chi connectivity index (χ0n) is 14.2. The number of rotatable bonds is 9.